The number of carboxylic acid groups (broad SMARTS) is 1. The number of ether oxygens (including phenoxy) is 1. The van der Waals surface area contributed by atoms with E-state index in [0.717, 1.165) is 61.5 Å². The van der Waals surface area contributed by atoms with Crippen molar-refractivity contribution in [1.82, 2.24) is 15.2 Å². The predicted octanol–water partition coefficient (Wildman–Crippen LogP) is 2.58. The summed E-state index contributed by atoms with van der Waals surface area (Å²) in [5.41, 5.74) is 5.95. The van der Waals surface area contributed by atoms with Crippen molar-refractivity contribution < 1.29 is 14.6 Å². The number of anilines is 2. The molecule has 9 nitrogen and oxygen atoms in total. The Bertz CT molecular complexity index is 1400. The van der Waals surface area contributed by atoms with Crippen LogP contribution in [-0.2, 0) is 22.6 Å². The molecule has 3 aliphatic heterocycles. The molecule has 3 aliphatic rings. The molecule has 2 N–H and O–H groups in total. The lowest BCUT2D eigenvalue weighted by molar-refractivity contribution is -0.138. The number of hydrogen-bond acceptors (Lipinski definition) is 8. The Morgan fingerprint density at radius 1 is 1.21 bits per heavy atom. The van der Waals surface area contributed by atoms with Crippen LogP contribution in [-0.4, -0.2) is 78.5 Å². The summed E-state index contributed by atoms with van der Waals surface area (Å²) in [6.45, 7) is 8.07. The third-order valence-corrected chi connectivity index (χ3v) is 7.83. The second-order valence-corrected chi connectivity index (χ2v) is 10.5. The van der Waals surface area contributed by atoms with Crippen LogP contribution in [0.1, 0.15) is 23.6 Å². The quantitative estimate of drug-likeness (QED) is 0.534. The van der Waals surface area contributed by atoms with Gasteiger partial charge >= 0.3 is 5.97 Å². The third kappa shape index (κ3) is 4.67. The molecule has 0 spiro atoms. The molecule has 3 aromatic rings. The molecule has 2 saturated heterocycles. The minimum absolute atomic E-state index is 0.0412. The second kappa shape index (κ2) is 10.2. The van der Waals surface area contributed by atoms with Gasteiger partial charge in [0.1, 0.15) is 12.1 Å². The number of aliphatic carboxylic acids is 1. The summed E-state index contributed by atoms with van der Waals surface area (Å²) in [5, 5.41) is 23.4. The van der Waals surface area contributed by atoms with Gasteiger partial charge in [-0.2, -0.15) is 5.26 Å². The summed E-state index contributed by atoms with van der Waals surface area (Å²) in [6.07, 6.45) is 1.85. The second-order valence-electron chi connectivity index (χ2n) is 10.5. The number of benzene rings is 2. The average Bonchev–Trinajstić information content (AvgIpc) is 3.33. The molecule has 3 atom stereocenters. The fraction of sp³-hybridized carbons (Fsp3) is 0.414. The summed E-state index contributed by atoms with van der Waals surface area (Å²) < 4.78 is 6.38. The van der Waals surface area contributed by atoms with Crippen LogP contribution in [0.25, 0.3) is 10.9 Å². The Balaban J connectivity index is 1.17. The maximum absolute atomic E-state index is 11.8. The van der Waals surface area contributed by atoms with Gasteiger partial charge in [-0.1, -0.05) is 6.07 Å². The topological polar surface area (TPSA) is 105 Å². The van der Waals surface area contributed by atoms with E-state index < -0.39 is 12.0 Å². The van der Waals surface area contributed by atoms with Crippen molar-refractivity contribution in [2.75, 3.05) is 49.1 Å². The van der Waals surface area contributed by atoms with Gasteiger partial charge in [-0.15, -0.1) is 0 Å². The lowest BCUT2D eigenvalue weighted by atomic mass is 10.1. The fourth-order valence-electron chi connectivity index (χ4n) is 6.15. The largest absolute Gasteiger partial charge is 0.480 e. The van der Waals surface area contributed by atoms with E-state index in [0.29, 0.717) is 18.7 Å². The first kappa shape index (κ1) is 24.6. The van der Waals surface area contributed by atoms with Gasteiger partial charge in [0.2, 0.25) is 0 Å². The lowest BCUT2D eigenvalue weighted by Gasteiger charge is -2.40. The van der Waals surface area contributed by atoms with Crippen molar-refractivity contribution >= 4 is 28.2 Å². The summed E-state index contributed by atoms with van der Waals surface area (Å²) in [5.74, 6) is -0.793. The molecule has 38 heavy (non-hydrogen) atoms. The third-order valence-electron chi connectivity index (χ3n) is 7.83. The molecule has 0 saturated carbocycles. The zero-order valence-electron chi connectivity index (χ0n) is 21.5. The number of hydrogen-bond donors (Lipinski definition) is 2. The number of aromatic nitrogens is 1. The normalized spacial score (nSPS) is 23.8. The smallest absolute Gasteiger partial charge is 0.327 e. The molecule has 4 heterocycles. The van der Waals surface area contributed by atoms with Gasteiger partial charge in [0.25, 0.3) is 0 Å². The molecule has 6 rings (SSSR count). The zero-order valence-corrected chi connectivity index (χ0v) is 21.5. The van der Waals surface area contributed by atoms with E-state index in [1.807, 2.05) is 29.2 Å². The maximum atomic E-state index is 11.8. The van der Waals surface area contributed by atoms with E-state index >= 15 is 0 Å². The number of pyridine rings is 1. The number of morpholine rings is 1. The highest BCUT2D eigenvalue weighted by molar-refractivity contribution is 5.95. The number of fused-ring (bicyclic) bond motifs is 2. The first-order valence-corrected chi connectivity index (χ1v) is 13.2. The van der Waals surface area contributed by atoms with Crippen LogP contribution >= 0.6 is 0 Å². The number of piperazine rings is 1. The molecule has 2 aromatic carbocycles. The van der Waals surface area contributed by atoms with Gasteiger partial charge in [0.15, 0.2) is 0 Å². The van der Waals surface area contributed by atoms with E-state index in [9.17, 15) is 15.2 Å². The minimum Gasteiger partial charge on any atom is -0.480 e. The molecule has 2 fully saturated rings. The van der Waals surface area contributed by atoms with Crippen LogP contribution < -0.4 is 15.1 Å². The highest BCUT2D eigenvalue weighted by atomic mass is 16.5. The number of carbonyl (C=O) groups is 1. The minimum atomic E-state index is -0.793. The highest BCUT2D eigenvalue weighted by Gasteiger charge is 2.32. The summed E-state index contributed by atoms with van der Waals surface area (Å²) in [6, 6.07) is 16.0. The summed E-state index contributed by atoms with van der Waals surface area (Å²) >= 11 is 0. The number of rotatable bonds is 5. The predicted molar refractivity (Wildman–Crippen MR) is 145 cm³/mol. The number of nitrogens with zero attached hydrogens (tertiary/aromatic N) is 5. The molecule has 9 heteroatoms. The van der Waals surface area contributed by atoms with Gasteiger partial charge in [0.05, 0.1) is 23.3 Å². The van der Waals surface area contributed by atoms with Crippen LogP contribution in [0.5, 0.6) is 0 Å². The summed E-state index contributed by atoms with van der Waals surface area (Å²) in [7, 11) is 0. The molecular weight excluding hydrogens is 480 g/mol. The van der Waals surface area contributed by atoms with Crippen molar-refractivity contribution in [2.24, 2.45) is 0 Å². The van der Waals surface area contributed by atoms with Crippen molar-refractivity contribution in [3.8, 4) is 6.07 Å². The van der Waals surface area contributed by atoms with E-state index in [4.69, 9.17) is 4.74 Å². The van der Waals surface area contributed by atoms with Crippen LogP contribution in [0.3, 0.4) is 0 Å². The van der Waals surface area contributed by atoms with Gasteiger partial charge in [0, 0.05) is 75.3 Å². The van der Waals surface area contributed by atoms with E-state index in [2.05, 4.69) is 51.3 Å². The molecule has 196 valence electrons. The molecule has 0 amide bonds. The molecule has 1 unspecified atom stereocenters. The zero-order chi connectivity index (χ0) is 26.2. The first-order chi connectivity index (χ1) is 18.5. The number of carboxylic acids is 1. The Hall–Kier alpha value is -3.71. The van der Waals surface area contributed by atoms with Gasteiger partial charge in [-0.3, -0.25) is 9.88 Å². The van der Waals surface area contributed by atoms with Crippen LogP contribution in [0, 0.1) is 11.3 Å². The Labute approximate surface area is 222 Å². The lowest BCUT2D eigenvalue weighted by Crippen LogP contribution is -2.55. The standard InChI is InChI=1S/C29H32N6O3/c1-19-14-34(26-7-5-20(12-30)28-25(26)3-2-8-32-28)18-24(38-19)17-33-15-21-4-6-23(11-22(21)16-33)35-10-9-31-13-27(35)29(36)37/h2-8,11,19,24,27,31H,9-10,13-18H2,1H3,(H,36,37)/t19-,24+,27?/m1/s1. The van der Waals surface area contributed by atoms with Crippen LogP contribution in [0.4, 0.5) is 11.4 Å². The molecular formula is C29H32N6O3. The van der Waals surface area contributed by atoms with Crippen molar-refractivity contribution in [1.29, 1.82) is 5.26 Å². The van der Waals surface area contributed by atoms with E-state index in [1.165, 1.54) is 11.1 Å². The maximum Gasteiger partial charge on any atom is 0.327 e. The van der Waals surface area contributed by atoms with Gasteiger partial charge in [-0.25, -0.2) is 4.79 Å². The van der Waals surface area contributed by atoms with Crippen molar-refractivity contribution in [3.05, 3.63) is 65.4 Å². The molecule has 0 aliphatic carbocycles. The molecule has 0 radical (unpaired) electrons. The molecule has 0 bridgehead atoms. The average molecular weight is 513 g/mol. The number of nitriles is 1. The monoisotopic (exact) mass is 512 g/mol. The van der Waals surface area contributed by atoms with Crippen molar-refractivity contribution in [3.63, 3.8) is 0 Å². The Kier molecular flexibility index (Phi) is 6.62. The molecule has 1 aromatic heterocycles. The number of nitrogens with one attached hydrogen (secondary N) is 1. The summed E-state index contributed by atoms with van der Waals surface area (Å²) in [4.78, 5) is 23.0. The van der Waals surface area contributed by atoms with E-state index in [1.54, 1.807) is 6.20 Å². The van der Waals surface area contributed by atoms with Crippen molar-refractivity contribution in [2.45, 2.75) is 38.3 Å². The van der Waals surface area contributed by atoms with Gasteiger partial charge in [-0.05, 0) is 54.4 Å². The SMILES string of the molecule is C[C@@H]1CN(c2ccc(C#N)c3ncccc23)C[C@H](CN2Cc3ccc(N4CCNCC4C(=O)O)cc3C2)O1. The van der Waals surface area contributed by atoms with Crippen LogP contribution in [0.2, 0.25) is 0 Å². The Morgan fingerprint density at radius 2 is 2.08 bits per heavy atom. The van der Waals surface area contributed by atoms with E-state index in [-0.39, 0.29) is 12.2 Å². The highest BCUT2D eigenvalue weighted by Crippen LogP contribution is 2.32. The van der Waals surface area contributed by atoms with Gasteiger partial charge < -0.3 is 25.0 Å². The Morgan fingerprint density at radius 3 is 2.92 bits per heavy atom. The first-order valence-electron chi connectivity index (χ1n) is 13.2. The fourth-order valence-corrected chi connectivity index (χ4v) is 6.15. The van der Waals surface area contributed by atoms with Crippen LogP contribution in [0.15, 0.2) is 48.7 Å².